The molecule has 2 aliphatic rings. The highest BCUT2D eigenvalue weighted by atomic mass is 19.1. The van der Waals surface area contributed by atoms with Gasteiger partial charge in [0.1, 0.15) is 0 Å². The van der Waals surface area contributed by atoms with E-state index in [1.54, 1.807) is 12.3 Å². The number of aromatic nitrogens is 1. The second kappa shape index (κ2) is 10.4. The average molecular weight is 439 g/mol. The number of hydrogen-bond donors (Lipinski definition) is 2. The normalized spacial score (nSPS) is 18.1. The van der Waals surface area contributed by atoms with Crippen LogP contribution in [0.2, 0.25) is 0 Å². The van der Waals surface area contributed by atoms with Gasteiger partial charge in [-0.2, -0.15) is 0 Å². The number of pyridine rings is 1. The molecule has 0 aliphatic carbocycles. The van der Waals surface area contributed by atoms with E-state index in [9.17, 15) is 9.18 Å². The number of rotatable bonds is 7. The third-order valence-electron chi connectivity index (χ3n) is 5.92. The standard InChI is InChI=1S/C24H31FN6O/c1-2-26-24(29-20-11-14-30(17-20)23-21(25)9-5-12-27-23)28-13-6-10-22(32)31-15-18-7-3-4-8-19(18)16-31/h3-5,7-9,12,20H,2,6,10-11,13-17H2,1H3,(H2,26,28,29). The van der Waals surface area contributed by atoms with Crippen LogP contribution in [0.25, 0.3) is 0 Å². The van der Waals surface area contributed by atoms with Crippen LogP contribution < -0.4 is 15.5 Å². The maximum Gasteiger partial charge on any atom is 0.223 e. The van der Waals surface area contributed by atoms with Gasteiger partial charge in [0.2, 0.25) is 5.91 Å². The molecular formula is C24H31FN6O. The molecule has 1 saturated heterocycles. The van der Waals surface area contributed by atoms with Gasteiger partial charge in [-0.1, -0.05) is 24.3 Å². The minimum absolute atomic E-state index is 0.166. The van der Waals surface area contributed by atoms with Crippen LogP contribution in [0.5, 0.6) is 0 Å². The predicted molar refractivity (Wildman–Crippen MR) is 124 cm³/mol. The second-order valence-electron chi connectivity index (χ2n) is 8.27. The van der Waals surface area contributed by atoms with Gasteiger partial charge in [-0.05, 0) is 43.0 Å². The summed E-state index contributed by atoms with van der Waals surface area (Å²) >= 11 is 0. The molecule has 3 heterocycles. The molecule has 0 spiro atoms. The first-order valence-electron chi connectivity index (χ1n) is 11.4. The summed E-state index contributed by atoms with van der Waals surface area (Å²) in [7, 11) is 0. The number of nitrogens with one attached hydrogen (secondary N) is 2. The van der Waals surface area contributed by atoms with Crippen LogP contribution >= 0.6 is 0 Å². The molecule has 0 radical (unpaired) electrons. The molecule has 0 saturated carbocycles. The molecule has 7 nitrogen and oxygen atoms in total. The number of hydrogen-bond acceptors (Lipinski definition) is 4. The van der Waals surface area contributed by atoms with Crippen molar-refractivity contribution >= 4 is 17.7 Å². The molecule has 1 atom stereocenters. The van der Waals surface area contributed by atoms with Gasteiger partial charge in [-0.15, -0.1) is 0 Å². The molecular weight excluding hydrogens is 407 g/mol. The highest BCUT2D eigenvalue weighted by Crippen LogP contribution is 2.23. The number of nitrogens with zero attached hydrogens (tertiary/aromatic N) is 4. The van der Waals surface area contributed by atoms with Gasteiger partial charge in [-0.3, -0.25) is 9.79 Å². The van der Waals surface area contributed by atoms with E-state index < -0.39 is 0 Å². The summed E-state index contributed by atoms with van der Waals surface area (Å²) in [4.78, 5) is 25.3. The van der Waals surface area contributed by atoms with E-state index in [1.165, 1.54) is 17.2 Å². The zero-order chi connectivity index (χ0) is 22.3. The number of benzene rings is 1. The first-order chi connectivity index (χ1) is 15.6. The molecule has 0 bridgehead atoms. The zero-order valence-corrected chi connectivity index (χ0v) is 18.6. The quantitative estimate of drug-likeness (QED) is 0.395. The van der Waals surface area contributed by atoms with Crippen molar-refractivity contribution in [1.29, 1.82) is 0 Å². The Labute approximate surface area is 188 Å². The summed E-state index contributed by atoms with van der Waals surface area (Å²) in [6, 6.07) is 11.4. The lowest BCUT2D eigenvalue weighted by Crippen LogP contribution is -2.44. The molecule has 1 amide bonds. The Morgan fingerprint density at radius 1 is 1.22 bits per heavy atom. The molecule has 1 unspecified atom stereocenters. The van der Waals surface area contributed by atoms with E-state index in [-0.39, 0.29) is 17.8 Å². The van der Waals surface area contributed by atoms with E-state index in [4.69, 9.17) is 0 Å². The van der Waals surface area contributed by atoms with E-state index in [1.807, 2.05) is 28.9 Å². The number of carbonyl (C=O) groups excluding carboxylic acids is 1. The van der Waals surface area contributed by atoms with Gasteiger partial charge in [0.15, 0.2) is 17.6 Å². The largest absolute Gasteiger partial charge is 0.357 e. The minimum Gasteiger partial charge on any atom is -0.357 e. The molecule has 1 fully saturated rings. The molecule has 1 aromatic heterocycles. The summed E-state index contributed by atoms with van der Waals surface area (Å²) in [6.45, 7) is 6.18. The number of fused-ring (bicyclic) bond motifs is 1. The van der Waals surface area contributed by atoms with Crippen molar-refractivity contribution in [3.63, 3.8) is 0 Å². The first-order valence-corrected chi connectivity index (χ1v) is 11.4. The number of aliphatic imine (C=N–C) groups is 1. The maximum atomic E-state index is 14.0. The molecule has 170 valence electrons. The van der Waals surface area contributed by atoms with E-state index >= 15 is 0 Å². The smallest absolute Gasteiger partial charge is 0.223 e. The van der Waals surface area contributed by atoms with Crippen LogP contribution in [0.4, 0.5) is 10.2 Å². The van der Waals surface area contributed by atoms with E-state index in [0.29, 0.717) is 44.8 Å². The third kappa shape index (κ3) is 5.36. The lowest BCUT2D eigenvalue weighted by atomic mass is 10.1. The predicted octanol–water partition coefficient (Wildman–Crippen LogP) is 2.68. The van der Waals surface area contributed by atoms with Crippen LogP contribution in [0.15, 0.2) is 47.6 Å². The van der Waals surface area contributed by atoms with Crippen LogP contribution in [-0.4, -0.2) is 54.0 Å². The molecule has 32 heavy (non-hydrogen) atoms. The van der Waals surface area contributed by atoms with Gasteiger partial charge in [0, 0.05) is 57.9 Å². The van der Waals surface area contributed by atoms with Crippen molar-refractivity contribution in [2.24, 2.45) is 4.99 Å². The van der Waals surface area contributed by atoms with E-state index in [2.05, 4.69) is 32.7 Å². The molecule has 4 rings (SSSR count). The fourth-order valence-electron chi connectivity index (χ4n) is 4.28. The van der Waals surface area contributed by atoms with Crippen LogP contribution in [0, 0.1) is 5.82 Å². The van der Waals surface area contributed by atoms with Gasteiger partial charge in [0.25, 0.3) is 0 Å². The number of anilines is 1. The van der Waals surface area contributed by atoms with Crippen molar-refractivity contribution in [1.82, 2.24) is 20.5 Å². The van der Waals surface area contributed by atoms with Crippen LogP contribution in [0.1, 0.15) is 37.3 Å². The zero-order valence-electron chi connectivity index (χ0n) is 18.6. The Bertz CT molecular complexity index is 940. The monoisotopic (exact) mass is 438 g/mol. The van der Waals surface area contributed by atoms with Crippen molar-refractivity contribution in [2.45, 2.75) is 45.3 Å². The van der Waals surface area contributed by atoms with Crippen molar-refractivity contribution < 1.29 is 9.18 Å². The number of amides is 1. The highest BCUT2D eigenvalue weighted by Gasteiger charge is 2.26. The SMILES string of the molecule is CCNC(=NCCCC(=O)N1Cc2ccccc2C1)NC1CCN(c2ncccc2F)C1. The van der Waals surface area contributed by atoms with Crippen molar-refractivity contribution in [3.05, 3.63) is 59.5 Å². The van der Waals surface area contributed by atoms with Crippen LogP contribution in [0.3, 0.4) is 0 Å². The highest BCUT2D eigenvalue weighted by molar-refractivity contribution is 5.80. The first kappa shape index (κ1) is 22.0. The van der Waals surface area contributed by atoms with Gasteiger partial charge in [-0.25, -0.2) is 9.37 Å². The average Bonchev–Trinajstić information content (AvgIpc) is 3.44. The third-order valence-corrected chi connectivity index (χ3v) is 5.92. The van der Waals surface area contributed by atoms with Crippen molar-refractivity contribution in [2.75, 3.05) is 31.1 Å². The Balaban J connectivity index is 1.23. The lowest BCUT2D eigenvalue weighted by molar-refractivity contribution is -0.131. The topological polar surface area (TPSA) is 72.9 Å². The number of carbonyl (C=O) groups is 1. The van der Waals surface area contributed by atoms with Gasteiger partial charge >= 0.3 is 0 Å². The Kier molecular flexibility index (Phi) is 7.19. The summed E-state index contributed by atoms with van der Waals surface area (Å²) in [6.07, 6.45) is 3.70. The lowest BCUT2D eigenvalue weighted by Gasteiger charge is -2.20. The summed E-state index contributed by atoms with van der Waals surface area (Å²) < 4.78 is 14.0. The molecule has 2 aromatic rings. The fraction of sp³-hybridized carbons (Fsp3) is 0.458. The molecule has 8 heteroatoms. The molecule has 2 N–H and O–H groups in total. The maximum absolute atomic E-state index is 14.0. The number of halogens is 1. The Morgan fingerprint density at radius 2 is 2.00 bits per heavy atom. The van der Waals surface area contributed by atoms with Crippen molar-refractivity contribution in [3.8, 4) is 0 Å². The van der Waals surface area contributed by atoms with Gasteiger partial charge < -0.3 is 20.4 Å². The molecule has 2 aliphatic heterocycles. The minimum atomic E-state index is -0.292. The second-order valence-corrected chi connectivity index (χ2v) is 8.27. The summed E-state index contributed by atoms with van der Waals surface area (Å²) in [5.74, 6) is 1.03. The van der Waals surface area contributed by atoms with E-state index in [0.717, 1.165) is 25.5 Å². The Hall–Kier alpha value is -3.16. The molecule has 1 aromatic carbocycles. The van der Waals surface area contributed by atoms with Gasteiger partial charge in [0.05, 0.1) is 0 Å². The fourth-order valence-corrected chi connectivity index (χ4v) is 4.28. The summed E-state index contributed by atoms with van der Waals surface area (Å²) in [5, 5.41) is 6.71. The Morgan fingerprint density at radius 3 is 2.72 bits per heavy atom. The van der Waals surface area contributed by atoms with Crippen LogP contribution in [-0.2, 0) is 17.9 Å². The number of guanidine groups is 1. The summed E-state index contributed by atoms with van der Waals surface area (Å²) in [5.41, 5.74) is 2.49.